The van der Waals surface area contributed by atoms with E-state index in [1.165, 1.54) is 57.3 Å². The SMILES string of the molecule is CC1=CC(C)/C(=C2/P=PC(c3c(C)cc(C)cc3C)=P2)C(C)=C1. The Morgan fingerprint density at radius 3 is 2.17 bits per heavy atom. The van der Waals surface area contributed by atoms with E-state index in [-0.39, 0.29) is 0 Å². The van der Waals surface area contributed by atoms with Crippen molar-refractivity contribution in [3.63, 3.8) is 0 Å². The number of benzene rings is 1. The minimum Gasteiger partial charge on any atom is -0.0743 e. The third kappa shape index (κ3) is 3.37. The Balaban J connectivity index is 2.08. The Bertz CT molecular complexity index is 809. The standard InChI is InChI=1S/C20H23P3/c1-11-7-13(3)17(14(4)8-11)19-21-20(23-22-19)18-15(5)9-12(2)10-16(18)6/h7-10,13H,1-6H3/b19-17-. The first-order valence-corrected chi connectivity index (χ1v) is 11.5. The van der Waals surface area contributed by atoms with Crippen LogP contribution in [0.25, 0.3) is 0 Å². The van der Waals surface area contributed by atoms with Crippen molar-refractivity contribution in [1.29, 1.82) is 0 Å². The zero-order valence-electron chi connectivity index (χ0n) is 14.7. The zero-order valence-corrected chi connectivity index (χ0v) is 17.4. The summed E-state index contributed by atoms with van der Waals surface area (Å²) in [4.78, 5) is 0. The van der Waals surface area contributed by atoms with Gasteiger partial charge in [0.05, 0.1) is 0 Å². The lowest BCUT2D eigenvalue weighted by Crippen LogP contribution is -2.04. The van der Waals surface area contributed by atoms with Gasteiger partial charge < -0.3 is 0 Å². The van der Waals surface area contributed by atoms with E-state index in [0.717, 1.165) is 0 Å². The van der Waals surface area contributed by atoms with Crippen LogP contribution < -0.4 is 0 Å². The summed E-state index contributed by atoms with van der Waals surface area (Å²) in [6, 6.07) is 4.64. The van der Waals surface area contributed by atoms with Gasteiger partial charge in [0.1, 0.15) is 0 Å². The molecule has 1 aliphatic heterocycles. The predicted octanol–water partition coefficient (Wildman–Crippen LogP) is 7.61. The molecule has 0 nitrogen and oxygen atoms in total. The van der Waals surface area contributed by atoms with Gasteiger partial charge in [-0.05, 0) is 86.4 Å². The maximum atomic E-state index is 2.40. The number of aryl methyl sites for hydroxylation is 3. The van der Waals surface area contributed by atoms with Gasteiger partial charge in [-0.25, -0.2) is 0 Å². The Kier molecular flexibility index (Phi) is 4.90. The van der Waals surface area contributed by atoms with Crippen LogP contribution in [0.5, 0.6) is 0 Å². The molecule has 3 rings (SSSR count). The van der Waals surface area contributed by atoms with Crippen LogP contribution in [0, 0.1) is 26.7 Å². The average molecular weight is 356 g/mol. The summed E-state index contributed by atoms with van der Waals surface area (Å²) < 4.78 is 0. The lowest BCUT2D eigenvalue weighted by atomic mass is 9.88. The summed E-state index contributed by atoms with van der Waals surface area (Å²) in [6.45, 7) is 13.5. The first-order valence-electron chi connectivity index (χ1n) is 8.06. The molecule has 0 aromatic heterocycles. The molecule has 0 saturated carbocycles. The number of hydrogen-bond donors (Lipinski definition) is 0. The molecule has 1 aliphatic carbocycles. The fraction of sp³-hybridized carbons (Fsp3) is 0.350. The van der Waals surface area contributed by atoms with Gasteiger partial charge >= 0.3 is 0 Å². The smallest absolute Gasteiger partial charge is 0.0423 e. The van der Waals surface area contributed by atoms with Crippen molar-refractivity contribution >= 4 is 29.0 Å². The minimum absolute atomic E-state index is 0.546. The molecule has 0 spiro atoms. The fourth-order valence-corrected chi connectivity index (χ4v) is 9.97. The van der Waals surface area contributed by atoms with Crippen LogP contribution in [0.4, 0.5) is 0 Å². The van der Waals surface area contributed by atoms with Gasteiger partial charge in [-0.2, -0.15) is 0 Å². The topological polar surface area (TPSA) is 0 Å². The van der Waals surface area contributed by atoms with Crippen molar-refractivity contribution in [2.24, 2.45) is 5.92 Å². The summed E-state index contributed by atoms with van der Waals surface area (Å²) >= 11 is 0. The highest BCUT2D eigenvalue weighted by molar-refractivity contribution is 8.07. The quantitative estimate of drug-likeness (QED) is 0.454. The zero-order chi connectivity index (χ0) is 16.7. The normalized spacial score (nSPS) is 25.8. The molecule has 0 radical (unpaired) electrons. The van der Waals surface area contributed by atoms with Crippen molar-refractivity contribution in [3.05, 3.63) is 68.3 Å². The maximum absolute atomic E-state index is 2.40. The van der Waals surface area contributed by atoms with Crippen LogP contribution in [-0.4, -0.2) is 5.03 Å². The number of rotatable bonds is 1. The van der Waals surface area contributed by atoms with Crippen molar-refractivity contribution in [2.45, 2.75) is 41.5 Å². The molecule has 0 saturated heterocycles. The Morgan fingerprint density at radius 1 is 0.913 bits per heavy atom. The van der Waals surface area contributed by atoms with E-state index in [9.17, 15) is 0 Å². The maximum Gasteiger partial charge on any atom is 0.0423 e. The lowest BCUT2D eigenvalue weighted by Gasteiger charge is -2.20. The van der Waals surface area contributed by atoms with Crippen LogP contribution in [0.15, 0.2) is 46.1 Å². The molecular formula is C20H23P3. The molecule has 0 amide bonds. The molecule has 0 fully saturated rings. The summed E-state index contributed by atoms with van der Waals surface area (Å²) in [5.41, 5.74) is 10.2. The number of hydrogen-bond acceptors (Lipinski definition) is 0. The van der Waals surface area contributed by atoms with Gasteiger partial charge in [0.2, 0.25) is 0 Å². The summed E-state index contributed by atoms with van der Waals surface area (Å²) in [7, 11) is 4.36. The molecule has 0 bridgehead atoms. The van der Waals surface area contributed by atoms with E-state index in [1.54, 1.807) is 15.7 Å². The van der Waals surface area contributed by atoms with Gasteiger partial charge in [-0.3, -0.25) is 0 Å². The molecule has 118 valence electrons. The fourth-order valence-electron chi connectivity index (χ4n) is 3.68. The molecule has 1 atom stereocenters. The second-order valence-electron chi connectivity index (χ2n) is 6.67. The van der Waals surface area contributed by atoms with Crippen LogP contribution in [0.2, 0.25) is 0 Å². The Hall–Kier alpha value is -0.790. The Labute approximate surface area is 145 Å². The Morgan fingerprint density at radius 2 is 1.57 bits per heavy atom. The second kappa shape index (κ2) is 6.61. The van der Waals surface area contributed by atoms with E-state index in [4.69, 9.17) is 0 Å². The van der Waals surface area contributed by atoms with Crippen molar-refractivity contribution in [1.82, 2.24) is 0 Å². The molecule has 0 N–H and O–H groups in total. The van der Waals surface area contributed by atoms with E-state index < -0.39 is 0 Å². The predicted molar refractivity (Wildman–Crippen MR) is 109 cm³/mol. The van der Waals surface area contributed by atoms with Crippen molar-refractivity contribution < 1.29 is 0 Å². The third-order valence-electron chi connectivity index (χ3n) is 4.43. The molecule has 1 aromatic carbocycles. The molecule has 23 heavy (non-hydrogen) atoms. The summed E-state index contributed by atoms with van der Waals surface area (Å²) in [6.07, 6.45) is 4.74. The van der Waals surface area contributed by atoms with Gasteiger partial charge in [0.15, 0.2) is 0 Å². The monoisotopic (exact) mass is 356 g/mol. The van der Waals surface area contributed by atoms with Crippen LogP contribution >= 0.6 is 23.9 Å². The first kappa shape index (κ1) is 17.0. The third-order valence-corrected chi connectivity index (χ3v) is 9.91. The summed E-state index contributed by atoms with van der Waals surface area (Å²) in [5, 5.41) is 3.18. The highest BCUT2D eigenvalue weighted by Crippen LogP contribution is 2.52. The van der Waals surface area contributed by atoms with Gasteiger partial charge in [-0.1, -0.05) is 42.3 Å². The lowest BCUT2D eigenvalue weighted by molar-refractivity contribution is 0.851. The van der Waals surface area contributed by atoms with E-state index in [1.807, 2.05) is 0 Å². The average Bonchev–Trinajstić information content (AvgIpc) is 2.85. The van der Waals surface area contributed by atoms with E-state index >= 15 is 0 Å². The highest BCUT2D eigenvalue weighted by atomic mass is 31.7. The van der Waals surface area contributed by atoms with Crippen LogP contribution in [-0.2, 0) is 0 Å². The second-order valence-corrected chi connectivity index (χ2v) is 11.0. The number of allylic oxidation sites excluding steroid dienone is 5. The summed E-state index contributed by atoms with van der Waals surface area (Å²) in [5.74, 6) is 0.546. The van der Waals surface area contributed by atoms with Crippen LogP contribution in [0.3, 0.4) is 0 Å². The van der Waals surface area contributed by atoms with Gasteiger partial charge in [0, 0.05) is 16.0 Å². The van der Waals surface area contributed by atoms with Crippen molar-refractivity contribution in [3.8, 4) is 0 Å². The van der Waals surface area contributed by atoms with Crippen LogP contribution in [0.1, 0.15) is 43.0 Å². The molecule has 1 unspecified atom stereocenters. The molecular weight excluding hydrogens is 333 g/mol. The molecule has 1 aromatic rings. The molecule has 2 aliphatic rings. The molecule has 3 heteroatoms. The molecule has 1 heterocycles. The van der Waals surface area contributed by atoms with E-state index in [2.05, 4.69) is 65.8 Å². The highest BCUT2D eigenvalue weighted by Gasteiger charge is 2.20. The van der Waals surface area contributed by atoms with Crippen molar-refractivity contribution in [2.75, 3.05) is 0 Å². The largest absolute Gasteiger partial charge is 0.0743 e. The van der Waals surface area contributed by atoms with Gasteiger partial charge in [-0.15, -0.1) is 0 Å². The van der Waals surface area contributed by atoms with E-state index in [0.29, 0.717) is 5.92 Å². The minimum atomic E-state index is 0.546. The van der Waals surface area contributed by atoms with Gasteiger partial charge in [0.25, 0.3) is 0 Å². The first-order chi connectivity index (χ1) is 10.9.